The molecule has 0 aromatic carbocycles. The largest absolute Gasteiger partial charge is 0.316 e. The molecule has 0 bridgehead atoms. The van der Waals surface area contributed by atoms with Gasteiger partial charge in [-0.2, -0.15) is 0 Å². The van der Waals surface area contributed by atoms with E-state index in [1.165, 1.54) is 12.8 Å². The summed E-state index contributed by atoms with van der Waals surface area (Å²) in [5.41, 5.74) is 0. The maximum absolute atomic E-state index is 12.3. The molecular formula is C8H14FN. The van der Waals surface area contributed by atoms with Crippen LogP contribution in [0.4, 0.5) is 4.39 Å². The van der Waals surface area contributed by atoms with E-state index in [4.69, 9.17) is 0 Å². The Morgan fingerprint density at radius 1 is 1.30 bits per heavy atom. The fourth-order valence-electron chi connectivity index (χ4n) is 2.00. The van der Waals surface area contributed by atoms with Crippen LogP contribution in [0.1, 0.15) is 12.8 Å². The molecule has 0 aromatic heterocycles. The third-order valence-corrected chi connectivity index (χ3v) is 2.82. The van der Waals surface area contributed by atoms with Crippen LogP contribution < -0.4 is 5.32 Å². The molecule has 1 saturated heterocycles. The number of rotatable bonds is 2. The zero-order valence-electron chi connectivity index (χ0n) is 6.15. The molecule has 0 amide bonds. The molecule has 1 saturated carbocycles. The van der Waals surface area contributed by atoms with Gasteiger partial charge >= 0.3 is 0 Å². The molecule has 1 N–H and O–H groups in total. The van der Waals surface area contributed by atoms with E-state index in [0.29, 0.717) is 11.8 Å². The van der Waals surface area contributed by atoms with Crippen LogP contribution in [0.3, 0.4) is 0 Å². The molecular weight excluding hydrogens is 129 g/mol. The topological polar surface area (TPSA) is 12.0 Å². The van der Waals surface area contributed by atoms with Gasteiger partial charge in [0.25, 0.3) is 0 Å². The van der Waals surface area contributed by atoms with E-state index in [2.05, 4.69) is 5.32 Å². The first kappa shape index (κ1) is 6.59. The third kappa shape index (κ3) is 1.05. The van der Waals surface area contributed by atoms with Crippen molar-refractivity contribution >= 4 is 0 Å². The zero-order chi connectivity index (χ0) is 6.97. The monoisotopic (exact) mass is 143 g/mol. The Hall–Kier alpha value is -0.110. The standard InChI is InChI=1S/C8H14FN/c9-3-7-4-10-5-8(7)6-1-2-6/h6-8,10H,1-5H2/t7-,8-/m1/s1. The van der Waals surface area contributed by atoms with Crippen LogP contribution in [-0.2, 0) is 0 Å². The van der Waals surface area contributed by atoms with Crippen LogP contribution in [0, 0.1) is 17.8 Å². The second-order valence-corrected chi connectivity index (χ2v) is 3.57. The first-order valence-corrected chi connectivity index (χ1v) is 4.18. The average molecular weight is 143 g/mol. The summed E-state index contributed by atoms with van der Waals surface area (Å²) in [6.07, 6.45) is 2.70. The first-order chi connectivity index (χ1) is 4.92. The highest BCUT2D eigenvalue weighted by Crippen LogP contribution is 2.41. The number of hydrogen-bond acceptors (Lipinski definition) is 1. The first-order valence-electron chi connectivity index (χ1n) is 4.18. The molecule has 1 nitrogen and oxygen atoms in total. The predicted octanol–water partition coefficient (Wildman–Crippen LogP) is 1.20. The highest BCUT2D eigenvalue weighted by molar-refractivity contribution is 4.91. The molecule has 10 heavy (non-hydrogen) atoms. The van der Waals surface area contributed by atoms with Crippen LogP contribution >= 0.6 is 0 Å². The van der Waals surface area contributed by atoms with Crippen LogP contribution in [0.2, 0.25) is 0 Å². The predicted molar refractivity (Wildman–Crippen MR) is 38.5 cm³/mol. The minimum Gasteiger partial charge on any atom is -0.316 e. The maximum Gasteiger partial charge on any atom is 0.0937 e. The summed E-state index contributed by atoms with van der Waals surface area (Å²) >= 11 is 0. The summed E-state index contributed by atoms with van der Waals surface area (Å²) in [7, 11) is 0. The van der Waals surface area contributed by atoms with E-state index in [1.807, 2.05) is 0 Å². The van der Waals surface area contributed by atoms with Gasteiger partial charge in [0.1, 0.15) is 0 Å². The van der Waals surface area contributed by atoms with Gasteiger partial charge in [-0.3, -0.25) is 4.39 Å². The molecule has 2 aliphatic rings. The highest BCUT2D eigenvalue weighted by atomic mass is 19.1. The van der Waals surface area contributed by atoms with Gasteiger partial charge in [0.05, 0.1) is 6.67 Å². The van der Waals surface area contributed by atoms with E-state index in [9.17, 15) is 4.39 Å². The van der Waals surface area contributed by atoms with Gasteiger partial charge in [0.2, 0.25) is 0 Å². The molecule has 1 aliphatic carbocycles. The smallest absolute Gasteiger partial charge is 0.0937 e. The fourth-order valence-corrected chi connectivity index (χ4v) is 2.00. The number of alkyl halides is 1. The molecule has 1 heterocycles. The van der Waals surface area contributed by atoms with Gasteiger partial charge in [-0.15, -0.1) is 0 Å². The molecule has 0 aromatic rings. The molecule has 0 spiro atoms. The van der Waals surface area contributed by atoms with Gasteiger partial charge in [-0.25, -0.2) is 0 Å². The van der Waals surface area contributed by atoms with Crippen LogP contribution in [0.5, 0.6) is 0 Å². The van der Waals surface area contributed by atoms with Gasteiger partial charge in [-0.1, -0.05) is 0 Å². The van der Waals surface area contributed by atoms with Crippen LogP contribution in [0.15, 0.2) is 0 Å². The lowest BCUT2D eigenvalue weighted by atomic mass is 9.93. The van der Waals surface area contributed by atoms with Crippen molar-refractivity contribution in [1.82, 2.24) is 5.32 Å². The Kier molecular flexibility index (Phi) is 1.65. The Labute approximate surface area is 61.0 Å². The highest BCUT2D eigenvalue weighted by Gasteiger charge is 2.38. The second kappa shape index (κ2) is 2.50. The lowest BCUT2D eigenvalue weighted by Crippen LogP contribution is -2.15. The molecule has 58 valence electrons. The Bertz CT molecular complexity index is 122. The van der Waals surface area contributed by atoms with Crippen LogP contribution in [-0.4, -0.2) is 19.8 Å². The summed E-state index contributed by atoms with van der Waals surface area (Å²) in [5.74, 6) is 1.88. The van der Waals surface area contributed by atoms with Gasteiger partial charge < -0.3 is 5.32 Å². The molecule has 1 aliphatic heterocycles. The van der Waals surface area contributed by atoms with Crippen molar-refractivity contribution in [3.63, 3.8) is 0 Å². The average Bonchev–Trinajstić information content (AvgIpc) is 2.69. The van der Waals surface area contributed by atoms with Crippen molar-refractivity contribution in [2.45, 2.75) is 12.8 Å². The van der Waals surface area contributed by atoms with Gasteiger partial charge in [0, 0.05) is 12.5 Å². The van der Waals surface area contributed by atoms with Crippen molar-refractivity contribution in [1.29, 1.82) is 0 Å². The third-order valence-electron chi connectivity index (χ3n) is 2.82. The summed E-state index contributed by atoms with van der Waals surface area (Å²) in [6.45, 7) is 1.87. The van der Waals surface area contributed by atoms with E-state index < -0.39 is 0 Å². The van der Waals surface area contributed by atoms with Gasteiger partial charge in [-0.05, 0) is 31.2 Å². The Balaban J connectivity index is 1.91. The molecule has 2 rings (SSSR count). The van der Waals surface area contributed by atoms with Crippen molar-refractivity contribution in [3.05, 3.63) is 0 Å². The van der Waals surface area contributed by atoms with E-state index in [1.54, 1.807) is 0 Å². The minimum absolute atomic E-state index is 0.117. The molecule has 2 fully saturated rings. The van der Waals surface area contributed by atoms with Crippen LogP contribution in [0.25, 0.3) is 0 Å². The second-order valence-electron chi connectivity index (χ2n) is 3.57. The summed E-state index contributed by atoms with van der Waals surface area (Å²) in [4.78, 5) is 0. The Morgan fingerprint density at radius 3 is 2.70 bits per heavy atom. The lowest BCUT2D eigenvalue weighted by Gasteiger charge is -2.12. The normalized spacial score (nSPS) is 40.5. The molecule has 0 unspecified atom stereocenters. The van der Waals surface area contributed by atoms with Crippen molar-refractivity contribution in [2.24, 2.45) is 17.8 Å². The van der Waals surface area contributed by atoms with Crippen molar-refractivity contribution in [3.8, 4) is 0 Å². The summed E-state index contributed by atoms with van der Waals surface area (Å²) < 4.78 is 12.3. The van der Waals surface area contributed by atoms with Crippen molar-refractivity contribution in [2.75, 3.05) is 19.8 Å². The molecule has 2 heteroatoms. The number of halogens is 1. The quantitative estimate of drug-likeness (QED) is 0.612. The van der Waals surface area contributed by atoms with Crippen molar-refractivity contribution < 1.29 is 4.39 Å². The Morgan fingerprint density at radius 2 is 2.10 bits per heavy atom. The minimum atomic E-state index is -0.117. The summed E-state index contributed by atoms with van der Waals surface area (Å²) in [5, 5.41) is 3.25. The SMILES string of the molecule is FC[C@@H]1CNC[C@@H]1C1CC1. The molecule has 2 atom stereocenters. The zero-order valence-corrected chi connectivity index (χ0v) is 6.15. The molecule has 0 radical (unpaired) electrons. The van der Waals surface area contributed by atoms with E-state index in [-0.39, 0.29) is 6.67 Å². The fraction of sp³-hybridized carbons (Fsp3) is 1.00. The van der Waals surface area contributed by atoms with E-state index >= 15 is 0 Å². The lowest BCUT2D eigenvalue weighted by molar-refractivity contribution is 0.292. The summed E-state index contributed by atoms with van der Waals surface area (Å²) in [6, 6.07) is 0. The maximum atomic E-state index is 12.3. The number of hydrogen-bond donors (Lipinski definition) is 1. The van der Waals surface area contributed by atoms with E-state index in [0.717, 1.165) is 19.0 Å². The van der Waals surface area contributed by atoms with Gasteiger partial charge in [0.15, 0.2) is 0 Å². The number of nitrogens with one attached hydrogen (secondary N) is 1.